The molecular weight excluding hydrogens is 296 g/mol. The Hall–Kier alpha value is -2.55. The van der Waals surface area contributed by atoms with Crippen molar-refractivity contribution in [1.82, 2.24) is 9.55 Å². The van der Waals surface area contributed by atoms with Crippen LogP contribution >= 0.6 is 0 Å². The van der Waals surface area contributed by atoms with Gasteiger partial charge in [-0.3, -0.25) is 0 Å². The molecule has 2 aromatic carbocycles. The Balaban J connectivity index is 1.89. The highest BCUT2D eigenvalue weighted by Gasteiger charge is 2.07. The summed E-state index contributed by atoms with van der Waals surface area (Å²) in [4.78, 5) is 4.79. The predicted octanol–water partition coefficient (Wildman–Crippen LogP) is 5.41. The highest BCUT2D eigenvalue weighted by Crippen LogP contribution is 2.20. The maximum absolute atomic E-state index is 5.21. The van der Waals surface area contributed by atoms with E-state index in [1.807, 2.05) is 18.2 Å². The lowest BCUT2D eigenvalue weighted by Crippen LogP contribution is -2.00. The first-order valence-electron chi connectivity index (χ1n) is 8.59. The van der Waals surface area contributed by atoms with Crippen molar-refractivity contribution in [2.45, 2.75) is 32.7 Å². The molecule has 3 nitrogen and oxygen atoms in total. The lowest BCUT2D eigenvalue weighted by molar-refractivity contribution is 0.415. The van der Waals surface area contributed by atoms with E-state index in [9.17, 15) is 0 Å². The number of ether oxygens (including phenoxy) is 1. The smallest absolute Gasteiger partial charge is 0.133 e. The highest BCUT2D eigenvalue weighted by atomic mass is 16.5. The zero-order chi connectivity index (χ0) is 16.8. The number of aryl methyl sites for hydroxylation is 1. The lowest BCUT2D eigenvalue weighted by Gasteiger charge is -2.06. The number of hydrogen-bond acceptors (Lipinski definition) is 2. The van der Waals surface area contributed by atoms with E-state index in [2.05, 4.69) is 54.0 Å². The van der Waals surface area contributed by atoms with E-state index in [4.69, 9.17) is 9.72 Å². The minimum absolute atomic E-state index is 0.874. The third-order valence-electron chi connectivity index (χ3n) is 4.21. The number of fused-ring (bicyclic) bond motifs is 1. The number of imidazole rings is 1. The molecule has 1 aromatic heterocycles. The van der Waals surface area contributed by atoms with Gasteiger partial charge in [-0.1, -0.05) is 50.1 Å². The average Bonchev–Trinajstić information content (AvgIpc) is 2.98. The lowest BCUT2D eigenvalue weighted by atomic mass is 10.2. The van der Waals surface area contributed by atoms with Crippen LogP contribution in [-0.2, 0) is 6.54 Å². The van der Waals surface area contributed by atoms with E-state index in [0.717, 1.165) is 29.2 Å². The SMILES string of the molecule is CCCCCn1c(/C=C/c2ccc(OC)cc2)nc2ccccc21. The molecule has 0 aliphatic heterocycles. The minimum Gasteiger partial charge on any atom is -0.497 e. The molecule has 0 fully saturated rings. The van der Waals surface area contributed by atoms with Crippen LogP contribution in [0.1, 0.15) is 37.6 Å². The number of nitrogens with zero attached hydrogens (tertiary/aromatic N) is 2. The summed E-state index contributed by atoms with van der Waals surface area (Å²) in [6.07, 6.45) is 7.86. The largest absolute Gasteiger partial charge is 0.497 e. The topological polar surface area (TPSA) is 27.1 Å². The molecule has 124 valence electrons. The van der Waals surface area contributed by atoms with Crippen molar-refractivity contribution < 1.29 is 4.74 Å². The fraction of sp³-hybridized carbons (Fsp3) is 0.286. The van der Waals surface area contributed by atoms with Crippen LogP contribution in [0.4, 0.5) is 0 Å². The monoisotopic (exact) mass is 320 g/mol. The van der Waals surface area contributed by atoms with E-state index < -0.39 is 0 Å². The molecule has 0 aliphatic carbocycles. The van der Waals surface area contributed by atoms with Crippen LogP contribution < -0.4 is 4.74 Å². The van der Waals surface area contributed by atoms with Crippen molar-refractivity contribution in [3.63, 3.8) is 0 Å². The van der Waals surface area contributed by atoms with Crippen molar-refractivity contribution in [3.8, 4) is 5.75 Å². The maximum Gasteiger partial charge on any atom is 0.133 e. The zero-order valence-corrected chi connectivity index (χ0v) is 14.4. The molecule has 24 heavy (non-hydrogen) atoms. The number of para-hydroxylation sites is 2. The van der Waals surface area contributed by atoms with Gasteiger partial charge in [0.25, 0.3) is 0 Å². The van der Waals surface area contributed by atoms with Crippen LogP contribution in [0.25, 0.3) is 23.2 Å². The Morgan fingerprint density at radius 1 is 1.00 bits per heavy atom. The molecule has 3 aromatic rings. The number of aromatic nitrogens is 2. The molecule has 0 atom stereocenters. The van der Waals surface area contributed by atoms with E-state index in [1.165, 1.54) is 24.8 Å². The molecule has 3 heteroatoms. The minimum atomic E-state index is 0.874. The normalized spacial score (nSPS) is 11.4. The van der Waals surface area contributed by atoms with Gasteiger partial charge in [-0.25, -0.2) is 4.98 Å². The van der Waals surface area contributed by atoms with Crippen molar-refractivity contribution >= 4 is 23.2 Å². The van der Waals surface area contributed by atoms with Crippen molar-refractivity contribution in [2.75, 3.05) is 7.11 Å². The summed E-state index contributed by atoms with van der Waals surface area (Å²) < 4.78 is 7.53. The molecule has 3 rings (SSSR count). The Kier molecular flexibility index (Phi) is 5.32. The van der Waals surface area contributed by atoms with Gasteiger partial charge in [0.1, 0.15) is 11.6 Å². The Morgan fingerprint density at radius 2 is 1.79 bits per heavy atom. The molecule has 1 heterocycles. The van der Waals surface area contributed by atoms with E-state index in [-0.39, 0.29) is 0 Å². The summed E-state index contributed by atoms with van der Waals surface area (Å²) in [6, 6.07) is 16.4. The van der Waals surface area contributed by atoms with Crippen molar-refractivity contribution in [2.24, 2.45) is 0 Å². The fourth-order valence-corrected chi connectivity index (χ4v) is 2.86. The second-order valence-electron chi connectivity index (χ2n) is 5.92. The van der Waals surface area contributed by atoms with Crippen LogP contribution in [0.5, 0.6) is 5.75 Å². The van der Waals surface area contributed by atoms with Gasteiger partial charge in [-0.05, 0) is 42.3 Å². The maximum atomic E-state index is 5.21. The summed E-state index contributed by atoms with van der Waals surface area (Å²) in [5.74, 6) is 1.89. The molecule has 0 bridgehead atoms. The van der Waals surface area contributed by atoms with E-state index >= 15 is 0 Å². The molecule has 0 saturated heterocycles. The van der Waals surface area contributed by atoms with Crippen LogP contribution in [0.15, 0.2) is 48.5 Å². The first-order chi connectivity index (χ1) is 11.8. The van der Waals surface area contributed by atoms with E-state index in [0.29, 0.717) is 0 Å². The number of benzene rings is 2. The van der Waals surface area contributed by atoms with Gasteiger partial charge < -0.3 is 9.30 Å². The number of methoxy groups -OCH3 is 1. The average molecular weight is 320 g/mol. The van der Waals surface area contributed by atoms with Gasteiger partial charge in [0.05, 0.1) is 18.1 Å². The Bertz CT molecular complexity index is 815. The van der Waals surface area contributed by atoms with Gasteiger partial charge in [0.2, 0.25) is 0 Å². The number of rotatable bonds is 7. The van der Waals surface area contributed by atoms with Gasteiger partial charge >= 0.3 is 0 Å². The summed E-state index contributed by atoms with van der Waals surface area (Å²) in [5, 5.41) is 0. The first-order valence-corrected chi connectivity index (χ1v) is 8.59. The molecule has 0 N–H and O–H groups in total. The Morgan fingerprint density at radius 3 is 2.54 bits per heavy atom. The quantitative estimate of drug-likeness (QED) is 0.545. The zero-order valence-electron chi connectivity index (χ0n) is 14.4. The van der Waals surface area contributed by atoms with Crippen LogP contribution in [0.3, 0.4) is 0 Å². The van der Waals surface area contributed by atoms with Gasteiger partial charge in [-0.15, -0.1) is 0 Å². The van der Waals surface area contributed by atoms with Gasteiger partial charge in [0, 0.05) is 6.54 Å². The summed E-state index contributed by atoms with van der Waals surface area (Å²) in [6.45, 7) is 3.24. The molecule has 0 saturated carbocycles. The van der Waals surface area contributed by atoms with Crippen molar-refractivity contribution in [3.05, 3.63) is 59.9 Å². The predicted molar refractivity (Wildman–Crippen MR) is 101 cm³/mol. The first kappa shape index (κ1) is 16.3. The molecule has 0 aliphatic rings. The van der Waals surface area contributed by atoms with Gasteiger partial charge in [-0.2, -0.15) is 0 Å². The highest BCUT2D eigenvalue weighted by molar-refractivity contribution is 5.79. The van der Waals surface area contributed by atoms with Gasteiger partial charge in [0.15, 0.2) is 0 Å². The van der Waals surface area contributed by atoms with Crippen LogP contribution in [0.2, 0.25) is 0 Å². The second kappa shape index (κ2) is 7.82. The summed E-state index contributed by atoms with van der Waals surface area (Å²) in [7, 11) is 1.68. The van der Waals surface area contributed by atoms with Crippen LogP contribution in [0, 0.1) is 0 Å². The summed E-state index contributed by atoms with van der Waals surface area (Å²) in [5.41, 5.74) is 3.41. The van der Waals surface area contributed by atoms with Crippen molar-refractivity contribution in [1.29, 1.82) is 0 Å². The Labute approximate surface area is 143 Å². The third kappa shape index (κ3) is 3.67. The molecule has 0 unspecified atom stereocenters. The van der Waals surface area contributed by atoms with Crippen LogP contribution in [-0.4, -0.2) is 16.7 Å². The number of hydrogen-bond donors (Lipinski definition) is 0. The standard InChI is InChI=1S/C21H24N2O/c1-3-4-7-16-23-20-9-6-5-8-19(20)22-21(23)15-12-17-10-13-18(24-2)14-11-17/h5-6,8-15H,3-4,7,16H2,1-2H3/b15-12+. The number of unbranched alkanes of at least 4 members (excludes halogenated alkanes) is 2. The molecule has 0 amide bonds. The van der Waals surface area contributed by atoms with E-state index in [1.54, 1.807) is 7.11 Å². The second-order valence-corrected chi connectivity index (χ2v) is 5.92. The molecule has 0 radical (unpaired) electrons. The molecule has 0 spiro atoms. The molecular formula is C21H24N2O. The fourth-order valence-electron chi connectivity index (χ4n) is 2.86. The third-order valence-corrected chi connectivity index (χ3v) is 4.21. The summed E-state index contributed by atoms with van der Waals surface area (Å²) >= 11 is 0.